The predicted molar refractivity (Wildman–Crippen MR) is 131 cm³/mol. The SMILES string of the molecule is O=C1NCC2(CCCCC2)n2c1cc1cnc(N[C@H]3CC[C@H](N4CCC(C(F)(F)F)CC4)CC3)nc12. The molecule has 0 atom stereocenters. The Morgan fingerprint density at radius 1 is 1.03 bits per heavy atom. The summed E-state index contributed by atoms with van der Waals surface area (Å²) in [7, 11) is 0. The molecule has 10 heteroatoms. The summed E-state index contributed by atoms with van der Waals surface area (Å²) in [6.45, 7) is 1.74. The first kappa shape index (κ1) is 24.0. The van der Waals surface area contributed by atoms with Crippen LogP contribution < -0.4 is 10.6 Å². The Morgan fingerprint density at radius 2 is 1.75 bits per heavy atom. The van der Waals surface area contributed by atoms with Crippen molar-refractivity contribution in [3.05, 3.63) is 18.0 Å². The molecule has 196 valence electrons. The van der Waals surface area contributed by atoms with Gasteiger partial charge in [-0.15, -0.1) is 0 Å². The Labute approximate surface area is 209 Å². The molecule has 0 radical (unpaired) electrons. The van der Waals surface area contributed by atoms with Gasteiger partial charge in [0.1, 0.15) is 11.3 Å². The normalized spacial score (nSPS) is 27.7. The first-order valence-corrected chi connectivity index (χ1v) is 13.6. The zero-order valence-electron chi connectivity index (χ0n) is 20.6. The van der Waals surface area contributed by atoms with E-state index in [9.17, 15) is 18.0 Å². The molecule has 36 heavy (non-hydrogen) atoms. The Bertz CT molecular complexity index is 1110. The van der Waals surface area contributed by atoms with Gasteiger partial charge in [0, 0.05) is 30.2 Å². The van der Waals surface area contributed by atoms with Gasteiger partial charge < -0.3 is 20.1 Å². The van der Waals surface area contributed by atoms with Crippen LogP contribution in [0.1, 0.15) is 81.1 Å². The minimum absolute atomic E-state index is 0.0451. The highest BCUT2D eigenvalue weighted by Gasteiger charge is 2.43. The number of aromatic nitrogens is 3. The van der Waals surface area contributed by atoms with Crippen LogP contribution in [0, 0.1) is 5.92 Å². The molecule has 0 aromatic carbocycles. The number of rotatable bonds is 3. The molecule has 0 unspecified atom stereocenters. The first-order valence-electron chi connectivity index (χ1n) is 13.6. The topological polar surface area (TPSA) is 75.1 Å². The quantitative estimate of drug-likeness (QED) is 0.626. The first-order chi connectivity index (χ1) is 17.3. The molecule has 2 aromatic rings. The van der Waals surface area contributed by atoms with Crippen molar-refractivity contribution in [2.45, 2.75) is 94.4 Å². The molecule has 1 spiro atoms. The van der Waals surface area contributed by atoms with Crippen molar-refractivity contribution in [1.29, 1.82) is 0 Å². The minimum Gasteiger partial charge on any atom is -0.351 e. The lowest BCUT2D eigenvalue weighted by Crippen LogP contribution is -2.52. The second-order valence-corrected chi connectivity index (χ2v) is 11.3. The van der Waals surface area contributed by atoms with Crippen LogP contribution in [0.2, 0.25) is 0 Å². The number of piperidine rings is 1. The second kappa shape index (κ2) is 9.19. The maximum Gasteiger partial charge on any atom is 0.391 e. The van der Waals surface area contributed by atoms with Gasteiger partial charge in [-0.3, -0.25) is 4.79 Å². The number of carbonyl (C=O) groups is 1. The number of nitrogens with one attached hydrogen (secondary N) is 2. The van der Waals surface area contributed by atoms with Crippen LogP contribution in [0.3, 0.4) is 0 Å². The number of hydrogen-bond acceptors (Lipinski definition) is 5. The number of likely N-dealkylation sites (tertiary alicyclic amines) is 1. The lowest BCUT2D eigenvalue weighted by Gasteiger charge is -2.43. The third-order valence-electron chi connectivity index (χ3n) is 9.15. The van der Waals surface area contributed by atoms with Gasteiger partial charge in [0.15, 0.2) is 0 Å². The third-order valence-corrected chi connectivity index (χ3v) is 9.15. The van der Waals surface area contributed by atoms with Gasteiger partial charge in [-0.1, -0.05) is 19.3 Å². The number of amides is 1. The average Bonchev–Trinajstić information content (AvgIpc) is 3.28. The standard InChI is InChI=1S/C26H35F3N6O/c27-26(28,29)18-8-12-34(13-9-18)20-6-4-19(5-7-20)32-24-30-15-17-14-21-23(36)31-16-25(10-2-1-3-11-25)35(21)22(17)33-24/h14-15,18-20H,1-13,16H2,(H,31,36)(H,30,32,33)/t19-,20-. The van der Waals surface area contributed by atoms with Crippen LogP contribution in [0.4, 0.5) is 19.1 Å². The molecule has 4 aliphatic rings. The van der Waals surface area contributed by atoms with Crippen molar-refractivity contribution < 1.29 is 18.0 Å². The van der Waals surface area contributed by atoms with Gasteiger partial charge in [0.25, 0.3) is 5.91 Å². The van der Waals surface area contributed by atoms with Gasteiger partial charge in [-0.05, 0) is 70.5 Å². The summed E-state index contributed by atoms with van der Waals surface area (Å²) < 4.78 is 41.2. The van der Waals surface area contributed by atoms with Crippen molar-refractivity contribution in [3.63, 3.8) is 0 Å². The summed E-state index contributed by atoms with van der Waals surface area (Å²) in [5.74, 6) is -0.594. The van der Waals surface area contributed by atoms with Crippen molar-refractivity contribution in [1.82, 2.24) is 24.8 Å². The Hall–Kier alpha value is -2.36. The summed E-state index contributed by atoms with van der Waals surface area (Å²) in [4.78, 5) is 24.4. The third kappa shape index (κ3) is 4.35. The molecule has 6 rings (SSSR count). The van der Waals surface area contributed by atoms with E-state index in [0.717, 1.165) is 62.4 Å². The maximum absolute atomic E-state index is 13.0. The van der Waals surface area contributed by atoms with Gasteiger partial charge in [-0.2, -0.15) is 18.2 Å². The van der Waals surface area contributed by atoms with E-state index < -0.39 is 12.1 Å². The van der Waals surface area contributed by atoms with E-state index in [2.05, 4.69) is 25.1 Å². The monoisotopic (exact) mass is 504 g/mol. The van der Waals surface area contributed by atoms with E-state index in [1.54, 1.807) is 0 Å². The minimum atomic E-state index is -4.06. The largest absolute Gasteiger partial charge is 0.391 e. The highest BCUT2D eigenvalue weighted by molar-refractivity contribution is 5.99. The number of nitrogens with zero attached hydrogens (tertiary/aromatic N) is 4. The Morgan fingerprint density at radius 3 is 2.44 bits per heavy atom. The van der Waals surface area contributed by atoms with E-state index >= 15 is 0 Å². The zero-order chi connectivity index (χ0) is 24.9. The van der Waals surface area contributed by atoms with E-state index in [1.165, 1.54) is 6.42 Å². The maximum atomic E-state index is 13.0. The van der Waals surface area contributed by atoms with Crippen molar-refractivity contribution in [3.8, 4) is 0 Å². The van der Waals surface area contributed by atoms with Gasteiger partial charge in [0.2, 0.25) is 5.95 Å². The van der Waals surface area contributed by atoms with Crippen LogP contribution in [0.25, 0.3) is 11.0 Å². The molecule has 2 aliphatic carbocycles. The summed E-state index contributed by atoms with van der Waals surface area (Å²) in [5, 5.41) is 7.51. The summed E-state index contributed by atoms with van der Waals surface area (Å²) in [6.07, 6.45) is 7.66. The highest BCUT2D eigenvalue weighted by atomic mass is 19.4. The molecular weight excluding hydrogens is 469 g/mol. The molecule has 2 aliphatic heterocycles. The molecule has 1 saturated heterocycles. The van der Waals surface area contributed by atoms with Crippen molar-refractivity contribution in [2.75, 3.05) is 25.0 Å². The van der Waals surface area contributed by atoms with Crippen LogP contribution in [0.5, 0.6) is 0 Å². The molecule has 0 bridgehead atoms. The number of anilines is 1. The fourth-order valence-corrected chi connectivity index (χ4v) is 7.09. The molecule has 3 fully saturated rings. The van der Waals surface area contributed by atoms with E-state index in [0.29, 0.717) is 37.3 Å². The number of carbonyl (C=O) groups excluding carboxylic acids is 1. The number of hydrogen-bond donors (Lipinski definition) is 2. The molecule has 7 nitrogen and oxygen atoms in total. The summed E-state index contributed by atoms with van der Waals surface area (Å²) in [5.41, 5.74) is 1.41. The molecule has 2 aromatic heterocycles. The smallest absolute Gasteiger partial charge is 0.351 e. The average molecular weight is 505 g/mol. The summed E-state index contributed by atoms with van der Waals surface area (Å²) in [6, 6.07) is 2.52. The Balaban J connectivity index is 1.13. The van der Waals surface area contributed by atoms with Crippen LogP contribution in [0.15, 0.2) is 12.3 Å². The second-order valence-electron chi connectivity index (χ2n) is 11.3. The lowest BCUT2D eigenvalue weighted by molar-refractivity contribution is -0.186. The van der Waals surface area contributed by atoms with Crippen LogP contribution in [-0.4, -0.2) is 63.2 Å². The number of fused-ring (bicyclic) bond motifs is 4. The van der Waals surface area contributed by atoms with E-state index in [-0.39, 0.29) is 30.3 Å². The fraction of sp³-hybridized carbons (Fsp3) is 0.731. The molecular formula is C26H35F3N6O. The van der Waals surface area contributed by atoms with Gasteiger partial charge in [0.05, 0.1) is 11.5 Å². The van der Waals surface area contributed by atoms with Crippen molar-refractivity contribution >= 4 is 22.9 Å². The zero-order valence-corrected chi connectivity index (χ0v) is 20.6. The number of alkyl halides is 3. The van der Waals surface area contributed by atoms with Crippen LogP contribution >= 0.6 is 0 Å². The van der Waals surface area contributed by atoms with Crippen molar-refractivity contribution in [2.24, 2.45) is 5.92 Å². The Kier molecular flexibility index (Phi) is 6.13. The fourth-order valence-electron chi connectivity index (χ4n) is 7.09. The highest BCUT2D eigenvalue weighted by Crippen LogP contribution is 2.41. The van der Waals surface area contributed by atoms with E-state index in [4.69, 9.17) is 4.98 Å². The number of halogens is 3. The van der Waals surface area contributed by atoms with E-state index in [1.807, 2.05) is 12.3 Å². The molecule has 2 N–H and O–H groups in total. The molecule has 1 amide bonds. The molecule has 2 saturated carbocycles. The lowest BCUT2D eigenvalue weighted by atomic mass is 9.80. The predicted octanol–water partition coefficient (Wildman–Crippen LogP) is 4.83. The van der Waals surface area contributed by atoms with Gasteiger partial charge in [-0.25, -0.2) is 4.98 Å². The van der Waals surface area contributed by atoms with Gasteiger partial charge >= 0.3 is 6.18 Å². The molecule has 4 heterocycles. The summed E-state index contributed by atoms with van der Waals surface area (Å²) >= 11 is 0. The van der Waals surface area contributed by atoms with Crippen LogP contribution in [-0.2, 0) is 5.54 Å².